The lowest BCUT2D eigenvalue weighted by atomic mass is 10.1. The highest BCUT2D eigenvalue weighted by Gasteiger charge is 2.15. The SMILES string of the molecule is CCCCCCCCCCCCCCOc1c(CC(=O)Nc2cccc(C[n+]3ccsc3)c2)cccc1OC. The Morgan fingerprint density at radius 2 is 1.59 bits per heavy atom. The molecule has 0 aliphatic carbocycles. The van der Waals surface area contributed by atoms with Gasteiger partial charge in [-0.25, -0.2) is 0 Å². The number of carbonyl (C=O) groups is 1. The van der Waals surface area contributed by atoms with Crippen LogP contribution in [0.25, 0.3) is 0 Å². The molecule has 0 saturated carbocycles. The molecule has 0 aliphatic rings. The van der Waals surface area contributed by atoms with E-state index in [1.165, 1.54) is 70.6 Å². The molecule has 0 spiro atoms. The quantitative estimate of drug-likeness (QED) is 0.113. The van der Waals surface area contributed by atoms with Gasteiger partial charge in [-0.05, 0) is 24.6 Å². The van der Waals surface area contributed by atoms with Gasteiger partial charge < -0.3 is 14.8 Å². The lowest BCUT2D eigenvalue weighted by molar-refractivity contribution is -0.683. The van der Waals surface area contributed by atoms with E-state index in [-0.39, 0.29) is 12.3 Å². The summed E-state index contributed by atoms with van der Waals surface area (Å²) < 4.78 is 13.9. The molecule has 3 rings (SSSR count). The molecule has 6 heteroatoms. The van der Waals surface area contributed by atoms with Crippen LogP contribution in [0.15, 0.2) is 59.6 Å². The molecular formula is C33H47N2O3S+. The van der Waals surface area contributed by atoms with Crippen LogP contribution in [0, 0.1) is 0 Å². The lowest BCUT2D eigenvalue weighted by Crippen LogP contribution is -2.30. The van der Waals surface area contributed by atoms with Crippen molar-refractivity contribution in [2.24, 2.45) is 0 Å². The van der Waals surface area contributed by atoms with Gasteiger partial charge in [0, 0.05) is 16.8 Å². The number of hydrogen-bond acceptors (Lipinski definition) is 4. The normalized spacial score (nSPS) is 10.9. The number of rotatable bonds is 20. The lowest BCUT2D eigenvalue weighted by Gasteiger charge is -2.15. The molecule has 0 radical (unpaired) electrons. The number of amides is 1. The van der Waals surface area contributed by atoms with Crippen LogP contribution in [-0.2, 0) is 17.8 Å². The summed E-state index contributed by atoms with van der Waals surface area (Å²) in [5, 5.41) is 5.10. The van der Waals surface area contributed by atoms with Crippen LogP contribution in [0.3, 0.4) is 0 Å². The first-order valence-electron chi connectivity index (χ1n) is 14.8. The number of ether oxygens (including phenoxy) is 2. The molecule has 0 atom stereocenters. The van der Waals surface area contributed by atoms with E-state index in [0.717, 1.165) is 29.8 Å². The van der Waals surface area contributed by atoms with E-state index < -0.39 is 0 Å². The second-order valence-electron chi connectivity index (χ2n) is 10.3. The number of methoxy groups -OCH3 is 1. The molecular weight excluding hydrogens is 504 g/mol. The summed E-state index contributed by atoms with van der Waals surface area (Å²) in [6, 6.07) is 13.8. The minimum atomic E-state index is -0.0706. The first-order chi connectivity index (χ1) is 19.2. The molecule has 212 valence electrons. The first kappa shape index (κ1) is 30.7. The number of nitrogens with zero attached hydrogens (tertiary/aromatic N) is 1. The Labute approximate surface area is 239 Å². The van der Waals surface area contributed by atoms with Gasteiger partial charge in [0.05, 0.1) is 25.5 Å². The Kier molecular flexibility index (Phi) is 14.5. The van der Waals surface area contributed by atoms with Gasteiger partial charge >= 0.3 is 0 Å². The molecule has 0 saturated heterocycles. The fraction of sp³-hybridized carbons (Fsp3) is 0.515. The van der Waals surface area contributed by atoms with Crippen molar-refractivity contribution in [2.45, 2.75) is 96.9 Å². The van der Waals surface area contributed by atoms with Crippen LogP contribution in [0.5, 0.6) is 11.5 Å². The van der Waals surface area contributed by atoms with E-state index in [0.29, 0.717) is 18.1 Å². The number of aromatic nitrogens is 1. The maximum atomic E-state index is 12.9. The van der Waals surface area contributed by atoms with Crippen molar-refractivity contribution in [3.05, 3.63) is 70.7 Å². The fourth-order valence-corrected chi connectivity index (χ4v) is 5.43. The topological polar surface area (TPSA) is 51.4 Å². The van der Waals surface area contributed by atoms with Crippen LogP contribution in [0.4, 0.5) is 5.69 Å². The monoisotopic (exact) mass is 551 g/mol. The van der Waals surface area contributed by atoms with Gasteiger partial charge in [0.2, 0.25) is 11.4 Å². The highest BCUT2D eigenvalue weighted by atomic mass is 32.1. The molecule has 1 aromatic heterocycles. The summed E-state index contributed by atoms with van der Waals surface area (Å²) in [6.45, 7) is 3.68. The molecule has 2 aromatic carbocycles. The van der Waals surface area contributed by atoms with Crippen molar-refractivity contribution >= 4 is 22.9 Å². The molecule has 1 heterocycles. The fourth-order valence-electron chi connectivity index (χ4n) is 4.83. The van der Waals surface area contributed by atoms with Gasteiger partial charge in [0.15, 0.2) is 24.2 Å². The van der Waals surface area contributed by atoms with Gasteiger partial charge in [-0.15, -0.1) is 0 Å². The Morgan fingerprint density at radius 3 is 2.26 bits per heavy atom. The number of thiazole rings is 1. The van der Waals surface area contributed by atoms with Crippen molar-refractivity contribution < 1.29 is 18.8 Å². The van der Waals surface area contributed by atoms with Crippen LogP contribution >= 0.6 is 11.3 Å². The molecule has 0 fully saturated rings. The zero-order valence-corrected chi connectivity index (χ0v) is 24.8. The molecule has 5 nitrogen and oxygen atoms in total. The third kappa shape index (κ3) is 11.8. The standard InChI is InChI=1S/C33H46N2O3S/c1-3-4-5-6-7-8-9-10-11-12-13-14-22-38-33-29(18-16-20-31(33)37-2)25-32(36)34-30-19-15-17-28(24-30)26-35-21-23-39-27-35/h15-21,23-24,27H,3-14,22,25-26H2,1-2H3/p+1. The Hall–Kier alpha value is -2.86. The molecule has 1 N–H and O–H groups in total. The van der Waals surface area contributed by atoms with Crippen molar-refractivity contribution in [1.82, 2.24) is 0 Å². The van der Waals surface area contributed by atoms with Gasteiger partial charge in [-0.2, -0.15) is 4.57 Å². The van der Waals surface area contributed by atoms with Gasteiger partial charge in [-0.1, -0.05) is 113 Å². The summed E-state index contributed by atoms with van der Waals surface area (Å²) in [6.07, 6.45) is 18.0. The maximum absolute atomic E-state index is 12.9. The summed E-state index contributed by atoms with van der Waals surface area (Å²) in [7, 11) is 1.65. The van der Waals surface area contributed by atoms with E-state index in [1.54, 1.807) is 18.4 Å². The largest absolute Gasteiger partial charge is 0.493 e. The zero-order chi connectivity index (χ0) is 27.5. The Bertz CT molecular complexity index is 1080. The summed E-state index contributed by atoms with van der Waals surface area (Å²) in [4.78, 5) is 12.9. The van der Waals surface area contributed by atoms with Crippen LogP contribution in [0.2, 0.25) is 0 Å². The smallest absolute Gasteiger partial charge is 0.228 e. The average molecular weight is 552 g/mol. The number of carbonyl (C=O) groups excluding carboxylic acids is 1. The highest BCUT2D eigenvalue weighted by molar-refractivity contribution is 7.07. The van der Waals surface area contributed by atoms with Crippen LogP contribution in [0.1, 0.15) is 95.1 Å². The number of para-hydroxylation sites is 1. The average Bonchev–Trinajstić information content (AvgIpc) is 3.45. The number of nitrogens with one attached hydrogen (secondary N) is 1. The highest BCUT2D eigenvalue weighted by Crippen LogP contribution is 2.32. The number of anilines is 1. The van der Waals surface area contributed by atoms with Crippen molar-refractivity contribution in [3.8, 4) is 11.5 Å². The predicted octanol–water partition coefficient (Wildman–Crippen LogP) is 8.35. The van der Waals surface area contributed by atoms with Crippen molar-refractivity contribution in [2.75, 3.05) is 19.0 Å². The minimum Gasteiger partial charge on any atom is -0.493 e. The van der Waals surface area contributed by atoms with Gasteiger partial charge in [-0.3, -0.25) is 4.79 Å². The third-order valence-electron chi connectivity index (χ3n) is 6.98. The summed E-state index contributed by atoms with van der Waals surface area (Å²) in [5.74, 6) is 1.29. The number of unbranched alkanes of at least 4 members (excludes halogenated alkanes) is 11. The Balaban J connectivity index is 1.39. The summed E-state index contributed by atoms with van der Waals surface area (Å²) in [5.41, 5.74) is 4.86. The molecule has 0 aliphatic heterocycles. The van der Waals surface area contributed by atoms with Crippen molar-refractivity contribution in [1.29, 1.82) is 0 Å². The summed E-state index contributed by atoms with van der Waals surface area (Å²) >= 11 is 1.67. The van der Waals surface area contributed by atoms with Gasteiger partial charge in [0.25, 0.3) is 0 Å². The van der Waals surface area contributed by atoms with E-state index in [4.69, 9.17) is 9.47 Å². The van der Waals surface area contributed by atoms with Crippen LogP contribution in [-0.4, -0.2) is 19.6 Å². The zero-order valence-electron chi connectivity index (χ0n) is 24.0. The first-order valence-corrected chi connectivity index (χ1v) is 15.7. The molecule has 0 bridgehead atoms. The van der Waals surface area contributed by atoms with E-state index in [1.807, 2.05) is 36.4 Å². The van der Waals surface area contributed by atoms with Gasteiger partial charge in [0.1, 0.15) is 0 Å². The van der Waals surface area contributed by atoms with E-state index >= 15 is 0 Å². The molecule has 39 heavy (non-hydrogen) atoms. The second-order valence-corrected chi connectivity index (χ2v) is 11.1. The number of hydrogen-bond donors (Lipinski definition) is 1. The molecule has 3 aromatic rings. The Morgan fingerprint density at radius 1 is 0.897 bits per heavy atom. The maximum Gasteiger partial charge on any atom is 0.228 e. The molecule has 1 amide bonds. The predicted molar refractivity (Wildman–Crippen MR) is 162 cm³/mol. The number of benzene rings is 2. The second kappa shape index (κ2) is 18.4. The van der Waals surface area contributed by atoms with E-state index in [9.17, 15) is 4.79 Å². The molecule has 0 unspecified atom stereocenters. The third-order valence-corrected chi connectivity index (χ3v) is 7.65. The minimum absolute atomic E-state index is 0.0706. The van der Waals surface area contributed by atoms with Crippen molar-refractivity contribution in [3.63, 3.8) is 0 Å². The van der Waals surface area contributed by atoms with E-state index in [2.05, 4.69) is 40.0 Å². The van der Waals surface area contributed by atoms with Crippen LogP contribution < -0.4 is 19.4 Å².